The van der Waals surface area contributed by atoms with Gasteiger partial charge in [-0.1, -0.05) is 0 Å². The Bertz CT molecular complexity index is 273. The van der Waals surface area contributed by atoms with Crippen molar-refractivity contribution < 1.29 is 18.0 Å². The van der Waals surface area contributed by atoms with Crippen LogP contribution in [0.5, 0.6) is 0 Å². The molecule has 17 heavy (non-hydrogen) atoms. The minimum Gasteiger partial charge on any atom is -0.339 e. The fourth-order valence-corrected chi connectivity index (χ4v) is 2.01. The van der Waals surface area contributed by atoms with Crippen LogP contribution in [-0.2, 0) is 4.79 Å². The Hall–Kier alpha value is -0.490. The molecule has 1 aliphatic rings. The number of rotatable bonds is 2. The number of carbonyl (C=O) groups is 1. The Morgan fingerprint density at radius 1 is 1.53 bits per heavy atom. The fraction of sp³-hybridized carbons (Fsp3) is 0.900. The standard InChI is InChI=1S/C10H17F3N2O.ClH/c1-6-3-8(4-14)5-15(6)9(16)7(2)10(11,12)13;/h6-8H,3-5,14H2,1-2H3;1H. The van der Waals surface area contributed by atoms with Crippen molar-refractivity contribution in [3.8, 4) is 0 Å². The lowest BCUT2D eigenvalue weighted by Crippen LogP contribution is -2.42. The monoisotopic (exact) mass is 274 g/mol. The van der Waals surface area contributed by atoms with Gasteiger partial charge in [-0.3, -0.25) is 4.79 Å². The zero-order valence-corrected chi connectivity index (χ0v) is 10.6. The Morgan fingerprint density at radius 2 is 2.06 bits per heavy atom. The number of alkyl halides is 3. The summed E-state index contributed by atoms with van der Waals surface area (Å²) in [6.07, 6.45) is -3.77. The molecule has 3 atom stereocenters. The summed E-state index contributed by atoms with van der Waals surface area (Å²) in [6.45, 7) is 3.42. The van der Waals surface area contributed by atoms with E-state index in [9.17, 15) is 18.0 Å². The van der Waals surface area contributed by atoms with Crippen molar-refractivity contribution in [2.24, 2.45) is 17.6 Å². The van der Waals surface area contributed by atoms with E-state index in [1.165, 1.54) is 4.90 Å². The van der Waals surface area contributed by atoms with E-state index in [0.29, 0.717) is 19.5 Å². The molecule has 1 amide bonds. The molecular weight excluding hydrogens is 257 g/mol. The number of hydrogen-bond donors (Lipinski definition) is 1. The van der Waals surface area contributed by atoms with Crippen molar-refractivity contribution in [2.45, 2.75) is 32.5 Å². The second-order valence-electron chi connectivity index (χ2n) is 4.44. The van der Waals surface area contributed by atoms with E-state index in [1.54, 1.807) is 6.92 Å². The highest BCUT2D eigenvalue weighted by Gasteiger charge is 2.45. The van der Waals surface area contributed by atoms with Gasteiger partial charge >= 0.3 is 6.18 Å². The summed E-state index contributed by atoms with van der Waals surface area (Å²) in [5.41, 5.74) is 5.46. The van der Waals surface area contributed by atoms with Crippen LogP contribution in [0.3, 0.4) is 0 Å². The first-order valence-corrected chi connectivity index (χ1v) is 5.34. The van der Waals surface area contributed by atoms with Crippen LogP contribution in [0, 0.1) is 11.8 Å². The lowest BCUT2D eigenvalue weighted by atomic mass is 10.1. The second-order valence-corrected chi connectivity index (χ2v) is 4.44. The molecular formula is C10H18ClF3N2O. The third-order valence-corrected chi connectivity index (χ3v) is 3.14. The van der Waals surface area contributed by atoms with E-state index < -0.39 is 18.0 Å². The molecule has 1 rings (SSSR count). The van der Waals surface area contributed by atoms with Crippen molar-refractivity contribution in [1.29, 1.82) is 0 Å². The Balaban J connectivity index is 0.00000256. The molecule has 1 aliphatic heterocycles. The van der Waals surface area contributed by atoms with Gasteiger partial charge in [0, 0.05) is 12.6 Å². The predicted octanol–water partition coefficient (Wildman–Crippen LogP) is 1.80. The average Bonchev–Trinajstić information content (AvgIpc) is 2.56. The number of hydrogen-bond acceptors (Lipinski definition) is 2. The van der Waals surface area contributed by atoms with Crippen LogP contribution in [-0.4, -0.2) is 36.1 Å². The summed E-state index contributed by atoms with van der Waals surface area (Å²) in [7, 11) is 0. The zero-order valence-electron chi connectivity index (χ0n) is 9.83. The van der Waals surface area contributed by atoms with Crippen LogP contribution in [0.15, 0.2) is 0 Å². The zero-order chi connectivity index (χ0) is 12.5. The number of nitrogens with zero attached hydrogens (tertiary/aromatic N) is 1. The third-order valence-electron chi connectivity index (χ3n) is 3.14. The summed E-state index contributed by atoms with van der Waals surface area (Å²) < 4.78 is 37.2. The average molecular weight is 275 g/mol. The summed E-state index contributed by atoms with van der Waals surface area (Å²) in [6, 6.07) is -0.147. The molecule has 0 aromatic heterocycles. The normalized spacial score (nSPS) is 26.6. The Morgan fingerprint density at radius 3 is 2.41 bits per heavy atom. The van der Waals surface area contributed by atoms with Gasteiger partial charge in [0.15, 0.2) is 0 Å². The van der Waals surface area contributed by atoms with Gasteiger partial charge in [0.25, 0.3) is 0 Å². The molecule has 3 nitrogen and oxygen atoms in total. The number of amides is 1. The largest absolute Gasteiger partial charge is 0.400 e. The van der Waals surface area contributed by atoms with Crippen LogP contribution < -0.4 is 5.73 Å². The molecule has 102 valence electrons. The molecule has 1 fully saturated rings. The molecule has 0 radical (unpaired) electrons. The minimum atomic E-state index is -4.46. The van der Waals surface area contributed by atoms with Gasteiger partial charge in [0.2, 0.25) is 5.91 Å². The van der Waals surface area contributed by atoms with Gasteiger partial charge in [-0.25, -0.2) is 0 Å². The number of nitrogens with two attached hydrogens (primary N) is 1. The van der Waals surface area contributed by atoms with Gasteiger partial charge in [0.1, 0.15) is 5.92 Å². The quantitative estimate of drug-likeness (QED) is 0.835. The highest BCUT2D eigenvalue weighted by Crippen LogP contribution is 2.31. The van der Waals surface area contributed by atoms with Crippen molar-refractivity contribution >= 4 is 18.3 Å². The van der Waals surface area contributed by atoms with Gasteiger partial charge < -0.3 is 10.6 Å². The van der Waals surface area contributed by atoms with Crippen molar-refractivity contribution in [3.63, 3.8) is 0 Å². The van der Waals surface area contributed by atoms with Crippen LogP contribution in [0.4, 0.5) is 13.2 Å². The molecule has 3 unspecified atom stereocenters. The molecule has 0 aliphatic carbocycles. The Labute approximate surface area is 105 Å². The summed E-state index contributed by atoms with van der Waals surface area (Å²) in [5, 5.41) is 0. The fourth-order valence-electron chi connectivity index (χ4n) is 2.01. The third kappa shape index (κ3) is 3.74. The molecule has 7 heteroatoms. The molecule has 1 heterocycles. The highest BCUT2D eigenvalue weighted by atomic mass is 35.5. The number of carbonyl (C=O) groups excluding carboxylic acids is 1. The maximum Gasteiger partial charge on any atom is 0.400 e. The second kappa shape index (κ2) is 5.91. The molecule has 2 N–H and O–H groups in total. The molecule has 0 aromatic carbocycles. The van der Waals surface area contributed by atoms with Crippen LogP contribution in [0.25, 0.3) is 0 Å². The maximum absolute atomic E-state index is 12.4. The summed E-state index contributed by atoms with van der Waals surface area (Å²) in [4.78, 5) is 12.9. The van der Waals surface area contributed by atoms with Crippen molar-refractivity contribution in [2.75, 3.05) is 13.1 Å². The molecule has 0 spiro atoms. The van der Waals surface area contributed by atoms with Gasteiger partial charge in [0.05, 0.1) is 0 Å². The first kappa shape index (κ1) is 16.5. The van der Waals surface area contributed by atoms with E-state index in [-0.39, 0.29) is 24.4 Å². The number of halogens is 4. The van der Waals surface area contributed by atoms with E-state index in [1.807, 2.05) is 0 Å². The smallest absolute Gasteiger partial charge is 0.339 e. The van der Waals surface area contributed by atoms with E-state index in [0.717, 1.165) is 6.92 Å². The van der Waals surface area contributed by atoms with Gasteiger partial charge in [-0.15, -0.1) is 12.4 Å². The van der Waals surface area contributed by atoms with Crippen molar-refractivity contribution in [1.82, 2.24) is 4.90 Å². The minimum absolute atomic E-state index is 0. The molecule has 1 saturated heterocycles. The lowest BCUT2D eigenvalue weighted by molar-refractivity contribution is -0.185. The van der Waals surface area contributed by atoms with Gasteiger partial charge in [-0.2, -0.15) is 13.2 Å². The first-order valence-electron chi connectivity index (χ1n) is 5.34. The SMILES string of the molecule is CC1CC(CN)CN1C(=O)C(C)C(F)(F)F.Cl. The number of likely N-dealkylation sites (tertiary alicyclic amines) is 1. The highest BCUT2D eigenvalue weighted by molar-refractivity contribution is 5.85. The maximum atomic E-state index is 12.4. The summed E-state index contributed by atoms with van der Waals surface area (Å²) in [5.74, 6) is -2.64. The topological polar surface area (TPSA) is 46.3 Å². The predicted molar refractivity (Wildman–Crippen MR) is 60.8 cm³/mol. The Kier molecular flexibility index (Phi) is 5.74. The molecule has 0 saturated carbocycles. The molecule has 0 aromatic rings. The first-order chi connectivity index (χ1) is 7.27. The van der Waals surface area contributed by atoms with E-state index in [2.05, 4.69) is 0 Å². The molecule has 0 bridgehead atoms. The van der Waals surface area contributed by atoms with Crippen LogP contribution >= 0.6 is 12.4 Å². The van der Waals surface area contributed by atoms with E-state index >= 15 is 0 Å². The van der Waals surface area contributed by atoms with Gasteiger partial charge in [-0.05, 0) is 32.7 Å². The van der Waals surface area contributed by atoms with Crippen LogP contribution in [0.2, 0.25) is 0 Å². The summed E-state index contributed by atoms with van der Waals surface area (Å²) >= 11 is 0. The van der Waals surface area contributed by atoms with Crippen molar-refractivity contribution in [3.05, 3.63) is 0 Å². The van der Waals surface area contributed by atoms with Crippen LogP contribution in [0.1, 0.15) is 20.3 Å². The lowest BCUT2D eigenvalue weighted by Gasteiger charge is -2.26. The van der Waals surface area contributed by atoms with E-state index in [4.69, 9.17) is 5.73 Å².